The normalized spacial score (nSPS) is 12.2. The molecule has 1 N–H and O–H groups in total. The van der Waals surface area contributed by atoms with Crippen molar-refractivity contribution in [1.82, 2.24) is 4.98 Å². The van der Waals surface area contributed by atoms with Crippen molar-refractivity contribution in [3.8, 4) is 0 Å². The first kappa shape index (κ1) is 13.7. The van der Waals surface area contributed by atoms with E-state index in [4.69, 9.17) is 23.2 Å². The zero-order valence-electron chi connectivity index (χ0n) is 9.62. The molecule has 5 heteroatoms. The van der Waals surface area contributed by atoms with Crippen molar-refractivity contribution in [2.75, 3.05) is 5.32 Å². The maximum atomic E-state index is 6.15. The second-order valence-electron chi connectivity index (χ2n) is 3.81. The van der Waals surface area contributed by atoms with E-state index < -0.39 is 0 Å². The molecule has 0 bridgehead atoms. The summed E-state index contributed by atoms with van der Waals surface area (Å²) in [5, 5.41) is 3.77. The number of hydrogen-bond acceptors (Lipinski definition) is 2. The summed E-state index contributed by atoms with van der Waals surface area (Å²) >= 11 is 15.4. The van der Waals surface area contributed by atoms with E-state index in [0.29, 0.717) is 10.8 Å². The molecule has 1 aromatic carbocycles. The van der Waals surface area contributed by atoms with Crippen molar-refractivity contribution < 1.29 is 0 Å². The molecule has 0 fully saturated rings. The number of rotatable bonds is 3. The average molecular weight is 346 g/mol. The van der Waals surface area contributed by atoms with Gasteiger partial charge < -0.3 is 5.32 Å². The van der Waals surface area contributed by atoms with Gasteiger partial charge in [0.25, 0.3) is 0 Å². The van der Waals surface area contributed by atoms with Crippen LogP contribution in [0.25, 0.3) is 0 Å². The lowest BCUT2D eigenvalue weighted by molar-refractivity contribution is 1.08. The van der Waals surface area contributed by atoms with E-state index in [2.05, 4.69) is 26.2 Å². The fourth-order valence-corrected chi connectivity index (χ4v) is 2.52. The van der Waals surface area contributed by atoms with Crippen LogP contribution in [0.4, 0.5) is 11.5 Å². The van der Waals surface area contributed by atoms with E-state index in [1.165, 1.54) is 0 Å². The number of anilines is 2. The summed E-state index contributed by atoms with van der Waals surface area (Å²) in [6.07, 6.45) is 1.60. The zero-order valence-corrected chi connectivity index (χ0v) is 12.7. The number of benzene rings is 1. The summed E-state index contributed by atoms with van der Waals surface area (Å²) < 4.78 is 0.812. The molecular weight excluding hydrogens is 335 g/mol. The second-order valence-corrected chi connectivity index (χ2v) is 5.76. The molecule has 0 spiro atoms. The molecule has 1 aromatic heterocycles. The summed E-state index contributed by atoms with van der Waals surface area (Å²) in [5.41, 5.74) is 1.97. The van der Waals surface area contributed by atoms with Crippen LogP contribution in [0.3, 0.4) is 0 Å². The van der Waals surface area contributed by atoms with Crippen LogP contribution in [0, 0.1) is 0 Å². The monoisotopic (exact) mass is 344 g/mol. The fraction of sp³-hybridized carbons (Fsp3) is 0.154. The maximum Gasteiger partial charge on any atom is 0.144 e. The Hall–Kier alpha value is -0.770. The number of nitrogens with zero attached hydrogens (tertiary/aromatic N) is 1. The molecule has 2 nitrogen and oxygen atoms in total. The van der Waals surface area contributed by atoms with Crippen LogP contribution < -0.4 is 5.32 Å². The van der Waals surface area contributed by atoms with E-state index in [1.807, 2.05) is 31.2 Å². The molecule has 1 atom stereocenters. The Bertz CT molecular complexity index is 558. The zero-order chi connectivity index (χ0) is 13.1. The van der Waals surface area contributed by atoms with E-state index in [9.17, 15) is 0 Å². The van der Waals surface area contributed by atoms with E-state index in [-0.39, 0.29) is 5.38 Å². The van der Waals surface area contributed by atoms with Crippen LogP contribution in [0.2, 0.25) is 5.02 Å². The number of hydrogen-bond donors (Lipinski definition) is 1. The molecule has 1 unspecified atom stereocenters. The van der Waals surface area contributed by atoms with E-state index >= 15 is 0 Å². The fourth-order valence-electron chi connectivity index (χ4n) is 1.59. The molecular formula is C13H11BrCl2N2. The lowest BCUT2D eigenvalue weighted by Crippen LogP contribution is -1.99. The number of halogens is 3. The average Bonchev–Trinajstić information content (AvgIpc) is 2.33. The predicted octanol–water partition coefficient (Wildman–Crippen LogP) is 5.54. The van der Waals surface area contributed by atoms with Gasteiger partial charge in [-0.15, -0.1) is 11.6 Å². The van der Waals surface area contributed by atoms with Gasteiger partial charge in [0.05, 0.1) is 14.9 Å². The first-order chi connectivity index (χ1) is 8.58. The van der Waals surface area contributed by atoms with Gasteiger partial charge in [-0.25, -0.2) is 4.98 Å². The largest absolute Gasteiger partial charge is 0.339 e. The van der Waals surface area contributed by atoms with Crippen molar-refractivity contribution in [1.29, 1.82) is 0 Å². The Morgan fingerprint density at radius 2 is 2.06 bits per heavy atom. The molecule has 0 aliphatic rings. The highest BCUT2D eigenvalue weighted by Gasteiger charge is 2.09. The van der Waals surface area contributed by atoms with Crippen LogP contribution >= 0.6 is 39.1 Å². The van der Waals surface area contributed by atoms with Crippen LogP contribution in [0.1, 0.15) is 17.9 Å². The molecule has 0 saturated carbocycles. The number of para-hydroxylation sites is 1. The van der Waals surface area contributed by atoms with Gasteiger partial charge in [-0.05, 0) is 40.5 Å². The maximum absolute atomic E-state index is 6.15. The Balaban J connectivity index is 2.34. The molecule has 0 saturated heterocycles. The number of aromatic nitrogens is 1. The van der Waals surface area contributed by atoms with Crippen LogP contribution in [-0.4, -0.2) is 4.98 Å². The van der Waals surface area contributed by atoms with Gasteiger partial charge in [0.1, 0.15) is 5.82 Å². The standard InChI is InChI=1S/C13H11BrCl2N2/c1-8(15)10-4-2-3-5-12(10)18-13-11(14)6-9(16)7-17-13/h2-8H,1H3,(H,17,18). The van der Waals surface area contributed by atoms with Gasteiger partial charge >= 0.3 is 0 Å². The highest BCUT2D eigenvalue weighted by atomic mass is 79.9. The Kier molecular flexibility index (Phi) is 4.49. The number of pyridine rings is 1. The van der Waals surface area contributed by atoms with Gasteiger partial charge in [0.2, 0.25) is 0 Å². The molecule has 2 aromatic rings. The van der Waals surface area contributed by atoms with Gasteiger partial charge in [-0.1, -0.05) is 29.8 Å². The van der Waals surface area contributed by atoms with Crippen molar-refractivity contribution >= 4 is 50.6 Å². The molecule has 0 amide bonds. The van der Waals surface area contributed by atoms with Crippen LogP contribution in [-0.2, 0) is 0 Å². The minimum atomic E-state index is -0.0697. The van der Waals surface area contributed by atoms with Crippen molar-refractivity contribution in [3.05, 3.63) is 51.6 Å². The smallest absolute Gasteiger partial charge is 0.144 e. The number of alkyl halides is 1. The third-order valence-corrected chi connectivity index (χ3v) is 3.50. The van der Waals surface area contributed by atoms with Crippen molar-refractivity contribution in [2.24, 2.45) is 0 Å². The molecule has 0 aliphatic carbocycles. The molecule has 94 valence electrons. The SMILES string of the molecule is CC(Cl)c1ccccc1Nc1ncc(Cl)cc1Br. The Labute approximate surface area is 124 Å². The minimum Gasteiger partial charge on any atom is -0.339 e. The van der Waals surface area contributed by atoms with Gasteiger partial charge in [0, 0.05) is 11.9 Å². The Morgan fingerprint density at radius 3 is 2.72 bits per heavy atom. The van der Waals surface area contributed by atoms with E-state index in [1.54, 1.807) is 12.3 Å². The lowest BCUT2D eigenvalue weighted by Gasteiger charge is -2.13. The van der Waals surface area contributed by atoms with Gasteiger partial charge in [0.15, 0.2) is 0 Å². The second kappa shape index (κ2) is 5.91. The van der Waals surface area contributed by atoms with Gasteiger partial charge in [-0.3, -0.25) is 0 Å². The van der Waals surface area contributed by atoms with Crippen LogP contribution in [0.15, 0.2) is 41.0 Å². The van der Waals surface area contributed by atoms with Crippen molar-refractivity contribution in [2.45, 2.75) is 12.3 Å². The molecule has 2 rings (SSSR count). The summed E-state index contributed by atoms with van der Waals surface area (Å²) in [6.45, 7) is 1.94. The van der Waals surface area contributed by atoms with Gasteiger partial charge in [-0.2, -0.15) is 0 Å². The first-order valence-electron chi connectivity index (χ1n) is 5.39. The van der Waals surface area contributed by atoms with Crippen LogP contribution in [0.5, 0.6) is 0 Å². The summed E-state index contributed by atoms with van der Waals surface area (Å²) in [5.74, 6) is 0.712. The van der Waals surface area contributed by atoms with Crippen molar-refractivity contribution in [3.63, 3.8) is 0 Å². The quantitative estimate of drug-likeness (QED) is 0.738. The molecule has 1 heterocycles. The summed E-state index contributed by atoms with van der Waals surface area (Å²) in [4.78, 5) is 4.24. The highest BCUT2D eigenvalue weighted by Crippen LogP contribution is 2.31. The minimum absolute atomic E-state index is 0.0697. The third-order valence-electron chi connectivity index (χ3n) is 2.45. The Morgan fingerprint density at radius 1 is 1.33 bits per heavy atom. The molecule has 0 radical (unpaired) electrons. The van der Waals surface area contributed by atoms with E-state index in [0.717, 1.165) is 15.7 Å². The lowest BCUT2D eigenvalue weighted by atomic mass is 10.1. The number of nitrogens with one attached hydrogen (secondary N) is 1. The highest BCUT2D eigenvalue weighted by molar-refractivity contribution is 9.10. The predicted molar refractivity (Wildman–Crippen MR) is 80.9 cm³/mol. The summed E-state index contributed by atoms with van der Waals surface area (Å²) in [6, 6.07) is 9.67. The third kappa shape index (κ3) is 3.16. The summed E-state index contributed by atoms with van der Waals surface area (Å²) in [7, 11) is 0. The topological polar surface area (TPSA) is 24.9 Å². The molecule has 18 heavy (non-hydrogen) atoms. The molecule has 0 aliphatic heterocycles. The first-order valence-corrected chi connectivity index (χ1v) is 6.99.